The van der Waals surface area contributed by atoms with Crippen LogP contribution in [-0.2, 0) is 9.59 Å². The summed E-state index contributed by atoms with van der Waals surface area (Å²) >= 11 is 0. The first-order valence-corrected chi connectivity index (χ1v) is 5.01. The van der Waals surface area contributed by atoms with E-state index in [4.69, 9.17) is 5.11 Å². The van der Waals surface area contributed by atoms with Crippen molar-refractivity contribution in [2.45, 2.75) is 38.6 Å². The van der Waals surface area contributed by atoms with Crippen LogP contribution < -0.4 is 5.32 Å². The highest BCUT2D eigenvalue weighted by atomic mass is 16.4. The Kier molecular flexibility index (Phi) is 2.01. The number of carbonyl (C=O) groups excluding carboxylic acids is 1. The number of hydrogen-bond donors (Lipinski definition) is 2. The minimum atomic E-state index is -0.912. The summed E-state index contributed by atoms with van der Waals surface area (Å²) in [5.74, 6) is -0.323. The lowest BCUT2D eigenvalue weighted by atomic mass is 9.43. The Balaban J connectivity index is 1.90. The molecule has 1 atom stereocenters. The lowest BCUT2D eigenvalue weighted by Crippen LogP contribution is -2.56. The van der Waals surface area contributed by atoms with Crippen molar-refractivity contribution < 1.29 is 14.7 Å². The van der Waals surface area contributed by atoms with Gasteiger partial charge >= 0.3 is 5.97 Å². The van der Waals surface area contributed by atoms with Gasteiger partial charge in [-0.05, 0) is 37.0 Å². The molecular formula is C10H15NO3. The summed E-state index contributed by atoms with van der Waals surface area (Å²) in [6, 6.07) is -0.686. The molecule has 2 N–H and O–H groups in total. The molecule has 3 rings (SSSR count). The highest BCUT2D eigenvalue weighted by Gasteiger charge is 2.57. The Morgan fingerprint density at radius 3 is 2.36 bits per heavy atom. The van der Waals surface area contributed by atoms with E-state index < -0.39 is 12.0 Å². The zero-order valence-electron chi connectivity index (χ0n) is 8.25. The van der Waals surface area contributed by atoms with Crippen molar-refractivity contribution in [3.8, 4) is 0 Å². The van der Waals surface area contributed by atoms with E-state index in [1.807, 2.05) is 0 Å². The molecule has 3 aliphatic carbocycles. The standard InChI is InChI=1S/C10H15NO3/c1-6(12)11-8(9(13)14)5-10-2-7(3-10)4-10/h7-8H,2-5H2,1H3,(H,11,12)(H,13,14)/t7?,8-,10?/m0/s1. The Labute approximate surface area is 82.7 Å². The zero-order chi connectivity index (χ0) is 10.3. The lowest BCUT2D eigenvalue weighted by molar-refractivity contribution is -0.152. The highest BCUT2D eigenvalue weighted by molar-refractivity contribution is 5.82. The van der Waals surface area contributed by atoms with Gasteiger partial charge in [-0.2, -0.15) is 0 Å². The van der Waals surface area contributed by atoms with Crippen LogP contribution in [0.25, 0.3) is 0 Å². The second kappa shape index (κ2) is 2.97. The Morgan fingerprint density at radius 1 is 1.50 bits per heavy atom. The molecule has 3 fully saturated rings. The van der Waals surface area contributed by atoms with E-state index in [9.17, 15) is 9.59 Å². The van der Waals surface area contributed by atoms with Crippen LogP contribution in [0.4, 0.5) is 0 Å². The molecule has 0 saturated heterocycles. The van der Waals surface area contributed by atoms with Gasteiger partial charge in [0.15, 0.2) is 0 Å². The van der Waals surface area contributed by atoms with Crippen LogP contribution in [0.5, 0.6) is 0 Å². The van der Waals surface area contributed by atoms with E-state index in [1.54, 1.807) is 0 Å². The smallest absolute Gasteiger partial charge is 0.326 e. The van der Waals surface area contributed by atoms with Gasteiger partial charge in [-0.15, -0.1) is 0 Å². The van der Waals surface area contributed by atoms with Gasteiger partial charge in [-0.25, -0.2) is 4.79 Å². The third-order valence-corrected chi connectivity index (χ3v) is 3.48. The van der Waals surface area contributed by atoms with Crippen LogP contribution in [0.2, 0.25) is 0 Å². The van der Waals surface area contributed by atoms with Gasteiger partial charge in [0.05, 0.1) is 0 Å². The molecule has 4 nitrogen and oxygen atoms in total. The molecule has 0 unspecified atom stereocenters. The molecule has 0 aliphatic heterocycles. The van der Waals surface area contributed by atoms with Crippen LogP contribution in [0, 0.1) is 11.3 Å². The third kappa shape index (κ3) is 1.49. The van der Waals surface area contributed by atoms with E-state index >= 15 is 0 Å². The fourth-order valence-corrected chi connectivity index (χ4v) is 2.79. The minimum absolute atomic E-state index is 0.260. The lowest BCUT2D eigenvalue weighted by Gasteiger charge is -2.62. The Bertz CT molecular complexity index is 270. The first-order chi connectivity index (χ1) is 6.51. The molecule has 0 aromatic carbocycles. The molecule has 0 aromatic rings. The highest BCUT2D eigenvalue weighted by Crippen LogP contribution is 2.66. The summed E-state index contributed by atoms with van der Waals surface area (Å²) in [6.07, 6.45) is 4.10. The normalized spacial score (nSPS) is 35.1. The van der Waals surface area contributed by atoms with Gasteiger partial charge in [-0.3, -0.25) is 4.79 Å². The number of hydrogen-bond acceptors (Lipinski definition) is 2. The Morgan fingerprint density at radius 2 is 2.07 bits per heavy atom. The number of nitrogens with one attached hydrogen (secondary N) is 1. The van der Waals surface area contributed by atoms with Crippen molar-refractivity contribution in [2.75, 3.05) is 0 Å². The predicted molar refractivity (Wildman–Crippen MR) is 49.6 cm³/mol. The number of carboxylic acid groups (broad SMARTS) is 1. The third-order valence-electron chi connectivity index (χ3n) is 3.48. The van der Waals surface area contributed by atoms with Crippen molar-refractivity contribution in [2.24, 2.45) is 11.3 Å². The first kappa shape index (κ1) is 9.49. The molecule has 2 bridgehead atoms. The second-order valence-corrected chi connectivity index (χ2v) is 4.77. The van der Waals surface area contributed by atoms with Gasteiger partial charge in [0, 0.05) is 6.92 Å². The average molecular weight is 197 g/mol. The predicted octanol–water partition coefficient (Wildman–Crippen LogP) is 0.766. The molecule has 0 spiro atoms. The van der Waals surface area contributed by atoms with E-state index in [2.05, 4.69) is 5.32 Å². The van der Waals surface area contributed by atoms with E-state index in [-0.39, 0.29) is 11.3 Å². The number of carbonyl (C=O) groups is 2. The summed E-state index contributed by atoms with van der Waals surface area (Å²) in [7, 11) is 0. The van der Waals surface area contributed by atoms with Crippen LogP contribution in [0.1, 0.15) is 32.6 Å². The largest absolute Gasteiger partial charge is 0.480 e. The Hall–Kier alpha value is -1.06. The summed E-state index contributed by atoms with van der Waals surface area (Å²) in [4.78, 5) is 21.6. The number of rotatable bonds is 4. The molecule has 14 heavy (non-hydrogen) atoms. The molecule has 0 aromatic heterocycles. The monoisotopic (exact) mass is 197 g/mol. The van der Waals surface area contributed by atoms with Gasteiger partial charge in [0.1, 0.15) is 6.04 Å². The quantitative estimate of drug-likeness (QED) is 0.699. The maximum Gasteiger partial charge on any atom is 0.326 e. The molecule has 4 heteroatoms. The molecule has 3 saturated carbocycles. The topological polar surface area (TPSA) is 66.4 Å². The maximum atomic E-state index is 10.9. The van der Waals surface area contributed by atoms with Crippen LogP contribution >= 0.6 is 0 Å². The summed E-state index contributed by atoms with van der Waals surface area (Å²) in [6.45, 7) is 1.36. The fourth-order valence-electron chi connectivity index (χ4n) is 2.79. The molecule has 0 heterocycles. The van der Waals surface area contributed by atoms with Crippen molar-refractivity contribution in [3.05, 3.63) is 0 Å². The van der Waals surface area contributed by atoms with Gasteiger partial charge in [0.25, 0.3) is 0 Å². The molecule has 1 amide bonds. The van der Waals surface area contributed by atoms with Crippen molar-refractivity contribution >= 4 is 11.9 Å². The molecule has 0 radical (unpaired) electrons. The van der Waals surface area contributed by atoms with Gasteiger partial charge < -0.3 is 10.4 Å². The molecule has 3 aliphatic rings. The summed E-state index contributed by atoms with van der Waals surface area (Å²) in [5, 5.41) is 11.4. The van der Waals surface area contributed by atoms with Crippen molar-refractivity contribution in [3.63, 3.8) is 0 Å². The van der Waals surface area contributed by atoms with Crippen molar-refractivity contribution in [1.29, 1.82) is 0 Å². The second-order valence-electron chi connectivity index (χ2n) is 4.77. The number of amides is 1. The first-order valence-electron chi connectivity index (χ1n) is 5.01. The van der Waals surface area contributed by atoms with Crippen molar-refractivity contribution in [1.82, 2.24) is 5.32 Å². The van der Waals surface area contributed by atoms with Crippen LogP contribution in [0.3, 0.4) is 0 Å². The van der Waals surface area contributed by atoms with E-state index in [0.717, 1.165) is 25.2 Å². The molecular weight excluding hydrogens is 182 g/mol. The SMILES string of the molecule is CC(=O)N[C@@H](CC12CC(C1)C2)C(=O)O. The number of carboxylic acids is 1. The molecule has 78 valence electrons. The van der Waals surface area contributed by atoms with Gasteiger partial charge in [-0.1, -0.05) is 0 Å². The average Bonchev–Trinajstić information content (AvgIpc) is 1.89. The van der Waals surface area contributed by atoms with Crippen LogP contribution in [-0.4, -0.2) is 23.0 Å². The van der Waals surface area contributed by atoms with E-state index in [1.165, 1.54) is 6.92 Å². The van der Waals surface area contributed by atoms with Crippen LogP contribution in [0.15, 0.2) is 0 Å². The maximum absolute atomic E-state index is 10.9. The van der Waals surface area contributed by atoms with Gasteiger partial charge in [0.2, 0.25) is 5.91 Å². The fraction of sp³-hybridized carbons (Fsp3) is 0.800. The van der Waals surface area contributed by atoms with E-state index in [0.29, 0.717) is 6.42 Å². The summed E-state index contributed by atoms with van der Waals surface area (Å²) < 4.78 is 0. The number of aliphatic carboxylic acids is 1. The summed E-state index contributed by atoms with van der Waals surface area (Å²) in [5.41, 5.74) is 0.260. The minimum Gasteiger partial charge on any atom is -0.480 e. The zero-order valence-corrected chi connectivity index (χ0v) is 8.25.